The fourth-order valence-electron chi connectivity index (χ4n) is 1.25. The largest absolute Gasteiger partial charge is 0.389 e. The van der Waals surface area contributed by atoms with Crippen molar-refractivity contribution in [3.05, 3.63) is 0 Å². The van der Waals surface area contributed by atoms with Crippen LogP contribution in [-0.2, 0) is 0 Å². The molecule has 3 nitrogen and oxygen atoms in total. The third-order valence-electron chi connectivity index (χ3n) is 1.95. The Morgan fingerprint density at radius 1 is 1.36 bits per heavy atom. The number of thioether (sulfide) groups is 1. The first-order valence-corrected chi connectivity index (χ1v) is 5.21. The van der Waals surface area contributed by atoms with Crippen LogP contribution in [0.15, 0.2) is 0 Å². The van der Waals surface area contributed by atoms with E-state index in [9.17, 15) is 0 Å². The van der Waals surface area contributed by atoms with E-state index in [1.54, 1.807) is 11.8 Å². The lowest BCUT2D eigenvalue weighted by Gasteiger charge is -2.12. The van der Waals surface area contributed by atoms with Gasteiger partial charge in [0.2, 0.25) is 0 Å². The van der Waals surface area contributed by atoms with Crippen LogP contribution in [-0.4, -0.2) is 59.0 Å². The summed E-state index contributed by atoms with van der Waals surface area (Å²) in [6.07, 6.45) is 0.997. The maximum Gasteiger partial charge on any atom is 0.0938 e. The highest BCUT2D eigenvalue weighted by atomic mass is 32.2. The SMILES string of the molecule is CSCCN1CC(O)C(O)C1. The van der Waals surface area contributed by atoms with Crippen molar-refractivity contribution < 1.29 is 10.2 Å². The quantitative estimate of drug-likeness (QED) is 0.603. The molecule has 2 N–H and O–H groups in total. The molecule has 4 heteroatoms. The highest BCUT2D eigenvalue weighted by Crippen LogP contribution is 2.09. The van der Waals surface area contributed by atoms with Gasteiger partial charge in [0.1, 0.15) is 0 Å². The Hall–Kier alpha value is 0.230. The first kappa shape index (κ1) is 9.32. The van der Waals surface area contributed by atoms with Crippen molar-refractivity contribution in [3.63, 3.8) is 0 Å². The van der Waals surface area contributed by atoms with E-state index in [4.69, 9.17) is 10.2 Å². The molecule has 1 saturated heterocycles. The highest BCUT2D eigenvalue weighted by molar-refractivity contribution is 7.98. The fourth-order valence-corrected chi connectivity index (χ4v) is 1.69. The number of β-amino-alcohol motifs (C(OH)–C–C–N with tert-alkyl or cyclic N) is 2. The van der Waals surface area contributed by atoms with Gasteiger partial charge in [0.15, 0.2) is 0 Å². The Labute approximate surface area is 71.4 Å². The van der Waals surface area contributed by atoms with E-state index in [-0.39, 0.29) is 0 Å². The molecule has 0 aliphatic carbocycles. The molecule has 0 spiro atoms. The summed E-state index contributed by atoms with van der Waals surface area (Å²) in [5.41, 5.74) is 0. The van der Waals surface area contributed by atoms with Crippen molar-refractivity contribution in [2.24, 2.45) is 0 Å². The van der Waals surface area contributed by atoms with Gasteiger partial charge >= 0.3 is 0 Å². The van der Waals surface area contributed by atoms with Crippen LogP contribution in [0.3, 0.4) is 0 Å². The average Bonchev–Trinajstić information content (AvgIpc) is 2.28. The Balaban J connectivity index is 2.18. The van der Waals surface area contributed by atoms with Crippen molar-refractivity contribution in [3.8, 4) is 0 Å². The van der Waals surface area contributed by atoms with Crippen LogP contribution in [0.4, 0.5) is 0 Å². The van der Waals surface area contributed by atoms with Gasteiger partial charge in [0.05, 0.1) is 12.2 Å². The van der Waals surface area contributed by atoms with Gasteiger partial charge < -0.3 is 10.2 Å². The summed E-state index contributed by atoms with van der Waals surface area (Å²) in [7, 11) is 0. The molecular weight excluding hydrogens is 162 g/mol. The first-order chi connectivity index (χ1) is 5.24. The van der Waals surface area contributed by atoms with Gasteiger partial charge in [0, 0.05) is 25.4 Å². The molecule has 0 bridgehead atoms. The summed E-state index contributed by atoms with van der Waals surface area (Å²) in [6, 6.07) is 0. The van der Waals surface area contributed by atoms with Crippen LogP contribution in [0, 0.1) is 0 Å². The monoisotopic (exact) mass is 177 g/mol. The smallest absolute Gasteiger partial charge is 0.0938 e. The molecule has 1 aliphatic rings. The standard InChI is InChI=1S/C7H15NO2S/c1-11-3-2-8-4-6(9)7(10)5-8/h6-7,9-10H,2-5H2,1H3. The average molecular weight is 177 g/mol. The van der Waals surface area contributed by atoms with E-state index >= 15 is 0 Å². The lowest BCUT2D eigenvalue weighted by molar-refractivity contribution is 0.0572. The predicted molar refractivity (Wildman–Crippen MR) is 46.8 cm³/mol. The number of aliphatic hydroxyl groups is 2. The van der Waals surface area contributed by atoms with Crippen molar-refractivity contribution in [2.45, 2.75) is 12.2 Å². The van der Waals surface area contributed by atoms with Crippen molar-refractivity contribution in [2.75, 3.05) is 31.6 Å². The molecule has 0 aromatic rings. The Morgan fingerprint density at radius 2 is 1.91 bits per heavy atom. The first-order valence-electron chi connectivity index (χ1n) is 3.81. The maximum atomic E-state index is 9.17. The zero-order valence-corrected chi connectivity index (χ0v) is 7.55. The van der Waals surface area contributed by atoms with Crippen molar-refractivity contribution in [1.29, 1.82) is 0 Å². The molecule has 2 unspecified atom stereocenters. The number of nitrogens with zero attached hydrogens (tertiary/aromatic N) is 1. The fraction of sp³-hybridized carbons (Fsp3) is 1.00. The molecule has 0 radical (unpaired) electrons. The second-order valence-electron chi connectivity index (χ2n) is 2.89. The maximum absolute atomic E-state index is 9.17. The summed E-state index contributed by atoms with van der Waals surface area (Å²) in [4.78, 5) is 2.09. The van der Waals surface area contributed by atoms with E-state index in [2.05, 4.69) is 11.2 Å². The highest BCUT2D eigenvalue weighted by Gasteiger charge is 2.28. The van der Waals surface area contributed by atoms with E-state index in [0.29, 0.717) is 13.1 Å². The molecule has 11 heavy (non-hydrogen) atoms. The van der Waals surface area contributed by atoms with Gasteiger partial charge in [-0.2, -0.15) is 11.8 Å². The molecule has 1 aliphatic heterocycles. The zero-order valence-electron chi connectivity index (χ0n) is 6.73. The van der Waals surface area contributed by atoms with Gasteiger partial charge in [-0.1, -0.05) is 0 Å². The third-order valence-corrected chi connectivity index (χ3v) is 2.54. The molecule has 1 heterocycles. The second-order valence-corrected chi connectivity index (χ2v) is 3.87. The van der Waals surface area contributed by atoms with Crippen LogP contribution >= 0.6 is 11.8 Å². The van der Waals surface area contributed by atoms with Crippen molar-refractivity contribution >= 4 is 11.8 Å². The van der Waals surface area contributed by atoms with Gasteiger partial charge in [0.25, 0.3) is 0 Å². The molecule has 66 valence electrons. The van der Waals surface area contributed by atoms with E-state index < -0.39 is 12.2 Å². The number of hydrogen-bond acceptors (Lipinski definition) is 4. The molecule has 0 amide bonds. The summed E-state index contributed by atoms with van der Waals surface area (Å²) in [5.74, 6) is 1.07. The summed E-state index contributed by atoms with van der Waals surface area (Å²) >= 11 is 1.79. The minimum absolute atomic E-state index is 0.531. The zero-order chi connectivity index (χ0) is 8.27. The predicted octanol–water partition coefficient (Wildman–Crippen LogP) is -0.613. The Morgan fingerprint density at radius 3 is 2.36 bits per heavy atom. The Bertz CT molecular complexity index is 113. The number of aliphatic hydroxyl groups excluding tert-OH is 2. The van der Waals surface area contributed by atoms with Crippen LogP contribution in [0.5, 0.6) is 0 Å². The third kappa shape index (κ3) is 2.63. The van der Waals surface area contributed by atoms with Crippen LogP contribution in [0.25, 0.3) is 0 Å². The van der Waals surface area contributed by atoms with Gasteiger partial charge in [-0.15, -0.1) is 0 Å². The molecule has 0 aromatic carbocycles. The van der Waals surface area contributed by atoms with Gasteiger partial charge in [-0.3, -0.25) is 4.90 Å². The lowest BCUT2D eigenvalue weighted by atomic mass is 10.3. The molecule has 0 saturated carbocycles. The van der Waals surface area contributed by atoms with Crippen LogP contribution in [0.1, 0.15) is 0 Å². The van der Waals surface area contributed by atoms with E-state index in [0.717, 1.165) is 12.3 Å². The van der Waals surface area contributed by atoms with Gasteiger partial charge in [-0.25, -0.2) is 0 Å². The van der Waals surface area contributed by atoms with Crippen molar-refractivity contribution in [1.82, 2.24) is 4.90 Å². The number of hydrogen-bond donors (Lipinski definition) is 2. The van der Waals surface area contributed by atoms with E-state index in [1.165, 1.54) is 0 Å². The normalized spacial score (nSPS) is 33.0. The minimum atomic E-state index is -0.531. The van der Waals surface area contributed by atoms with Crippen LogP contribution in [0.2, 0.25) is 0 Å². The molecule has 1 fully saturated rings. The second kappa shape index (κ2) is 4.30. The molecular formula is C7H15NO2S. The summed E-state index contributed by atoms with van der Waals surface area (Å²) in [5, 5.41) is 18.3. The van der Waals surface area contributed by atoms with E-state index in [1.807, 2.05) is 0 Å². The van der Waals surface area contributed by atoms with Gasteiger partial charge in [-0.05, 0) is 6.26 Å². The van der Waals surface area contributed by atoms with Crippen LogP contribution < -0.4 is 0 Å². The molecule has 0 aromatic heterocycles. The Kier molecular flexibility index (Phi) is 3.65. The number of likely N-dealkylation sites (tertiary alicyclic amines) is 1. The summed E-state index contributed by atoms with van der Waals surface area (Å²) < 4.78 is 0. The topological polar surface area (TPSA) is 43.7 Å². The molecule has 1 rings (SSSR count). The summed E-state index contributed by atoms with van der Waals surface area (Å²) in [6.45, 7) is 2.22. The lowest BCUT2D eigenvalue weighted by Crippen LogP contribution is -2.24. The minimum Gasteiger partial charge on any atom is -0.389 e. The number of rotatable bonds is 3. The molecule has 2 atom stereocenters.